The molecule has 0 aromatic heterocycles. The van der Waals surface area contributed by atoms with Crippen LogP contribution >= 0.6 is 0 Å². The van der Waals surface area contributed by atoms with Crippen molar-refractivity contribution < 1.29 is 17.9 Å². The Morgan fingerprint density at radius 1 is 1.05 bits per heavy atom. The Hall–Kier alpha value is -1.27. The van der Waals surface area contributed by atoms with Gasteiger partial charge < -0.3 is 9.47 Å². The van der Waals surface area contributed by atoms with E-state index in [-0.39, 0.29) is 10.9 Å². The molecule has 1 aliphatic heterocycles. The molecule has 0 radical (unpaired) electrons. The number of nitrogens with zero attached hydrogens (tertiary/aromatic N) is 1. The third-order valence-electron chi connectivity index (χ3n) is 4.89. The van der Waals surface area contributed by atoms with E-state index in [4.69, 9.17) is 9.47 Å². The molecular weight excluding hydrogens is 302 g/mol. The molecule has 1 aliphatic carbocycles. The number of hydrogen-bond acceptors (Lipinski definition) is 4. The highest BCUT2D eigenvalue weighted by atomic mass is 32.2. The van der Waals surface area contributed by atoms with Crippen molar-refractivity contribution >= 4 is 10.0 Å². The maximum atomic E-state index is 13.3. The summed E-state index contributed by atoms with van der Waals surface area (Å²) in [4.78, 5) is 0.160. The number of hydrogen-bond donors (Lipinski definition) is 0. The predicted octanol–water partition coefficient (Wildman–Crippen LogP) is 2.66. The highest BCUT2D eigenvalue weighted by Gasteiger charge is 2.43. The van der Waals surface area contributed by atoms with E-state index in [2.05, 4.69) is 0 Å². The van der Waals surface area contributed by atoms with Gasteiger partial charge in [0.05, 0.1) is 14.2 Å². The van der Waals surface area contributed by atoms with Crippen molar-refractivity contribution in [2.24, 2.45) is 5.92 Å². The first-order chi connectivity index (χ1) is 10.6. The van der Waals surface area contributed by atoms with E-state index in [1.54, 1.807) is 22.5 Å². The molecule has 1 saturated heterocycles. The molecule has 0 unspecified atom stereocenters. The van der Waals surface area contributed by atoms with Crippen molar-refractivity contribution in [1.82, 2.24) is 4.31 Å². The summed E-state index contributed by atoms with van der Waals surface area (Å²) in [5.41, 5.74) is 0. The van der Waals surface area contributed by atoms with Crippen LogP contribution in [0.2, 0.25) is 0 Å². The second-order valence-corrected chi connectivity index (χ2v) is 7.84. The SMILES string of the molecule is COc1cccc(OC)c1S(=O)(=O)N1CCC[C@@H]2CCC[C@H]21. The molecule has 2 atom stereocenters. The summed E-state index contributed by atoms with van der Waals surface area (Å²) in [6, 6.07) is 5.22. The topological polar surface area (TPSA) is 55.8 Å². The Balaban J connectivity index is 2.06. The van der Waals surface area contributed by atoms with Crippen LogP contribution in [0.1, 0.15) is 32.1 Å². The summed E-state index contributed by atoms with van der Waals surface area (Å²) in [7, 11) is -0.641. The summed E-state index contributed by atoms with van der Waals surface area (Å²) in [5.74, 6) is 1.20. The first kappa shape index (κ1) is 15.6. The molecule has 1 aromatic carbocycles. The van der Waals surface area contributed by atoms with Gasteiger partial charge in [0.1, 0.15) is 11.5 Å². The highest BCUT2D eigenvalue weighted by Crippen LogP contribution is 2.42. The number of piperidine rings is 1. The van der Waals surface area contributed by atoms with Crippen LogP contribution in [0.3, 0.4) is 0 Å². The van der Waals surface area contributed by atoms with Gasteiger partial charge in [0.25, 0.3) is 10.0 Å². The van der Waals surface area contributed by atoms with Gasteiger partial charge in [-0.3, -0.25) is 0 Å². The number of ether oxygens (including phenoxy) is 2. The molecule has 0 bridgehead atoms. The van der Waals surface area contributed by atoms with Crippen LogP contribution in [-0.4, -0.2) is 39.5 Å². The van der Waals surface area contributed by atoms with Gasteiger partial charge >= 0.3 is 0 Å². The number of methoxy groups -OCH3 is 2. The van der Waals surface area contributed by atoms with Crippen LogP contribution in [0.25, 0.3) is 0 Å². The molecule has 122 valence electrons. The highest BCUT2D eigenvalue weighted by molar-refractivity contribution is 7.89. The van der Waals surface area contributed by atoms with Crippen molar-refractivity contribution in [3.05, 3.63) is 18.2 Å². The van der Waals surface area contributed by atoms with E-state index in [0.717, 1.165) is 32.1 Å². The first-order valence-electron chi connectivity index (χ1n) is 7.82. The number of benzene rings is 1. The minimum Gasteiger partial charge on any atom is -0.495 e. The lowest BCUT2D eigenvalue weighted by molar-refractivity contribution is 0.201. The fourth-order valence-electron chi connectivity index (χ4n) is 3.90. The average Bonchev–Trinajstić information content (AvgIpc) is 3.02. The zero-order valence-electron chi connectivity index (χ0n) is 13.1. The fourth-order valence-corrected chi connectivity index (χ4v) is 5.94. The Bertz CT molecular complexity index is 621. The standard InChI is InChI=1S/C16H23NO4S/c1-20-14-9-4-10-15(21-2)16(14)22(18,19)17-11-5-7-12-6-3-8-13(12)17/h4,9-10,12-13H,3,5-8,11H2,1-2H3/t12-,13+/m0/s1. The number of sulfonamides is 1. The Morgan fingerprint density at radius 3 is 2.32 bits per heavy atom. The van der Waals surface area contributed by atoms with Crippen LogP contribution in [0.4, 0.5) is 0 Å². The molecular formula is C16H23NO4S. The van der Waals surface area contributed by atoms with E-state index in [1.807, 2.05) is 0 Å². The second-order valence-electron chi connectivity index (χ2n) is 6.01. The molecule has 1 aromatic rings. The van der Waals surface area contributed by atoms with Crippen LogP contribution in [0.15, 0.2) is 23.1 Å². The molecule has 2 fully saturated rings. The molecule has 0 amide bonds. The van der Waals surface area contributed by atoms with Crippen molar-refractivity contribution in [2.45, 2.75) is 43.0 Å². The van der Waals surface area contributed by atoms with E-state index in [9.17, 15) is 8.42 Å². The summed E-state index contributed by atoms with van der Waals surface area (Å²) in [5, 5.41) is 0. The van der Waals surface area contributed by atoms with Crippen LogP contribution in [0, 0.1) is 5.92 Å². The molecule has 0 spiro atoms. The second kappa shape index (κ2) is 6.08. The predicted molar refractivity (Wildman–Crippen MR) is 83.8 cm³/mol. The van der Waals surface area contributed by atoms with Crippen LogP contribution in [0.5, 0.6) is 11.5 Å². The maximum absolute atomic E-state index is 13.3. The van der Waals surface area contributed by atoms with Crippen molar-refractivity contribution in [3.8, 4) is 11.5 Å². The van der Waals surface area contributed by atoms with Crippen molar-refractivity contribution in [3.63, 3.8) is 0 Å². The minimum atomic E-state index is -3.62. The zero-order valence-corrected chi connectivity index (χ0v) is 13.9. The van der Waals surface area contributed by atoms with Crippen LogP contribution in [-0.2, 0) is 10.0 Å². The fraction of sp³-hybridized carbons (Fsp3) is 0.625. The summed E-state index contributed by atoms with van der Waals surface area (Å²) < 4.78 is 38.8. The lowest BCUT2D eigenvalue weighted by Crippen LogP contribution is -2.46. The van der Waals surface area contributed by atoms with Gasteiger partial charge in [-0.15, -0.1) is 0 Å². The van der Waals surface area contributed by atoms with Gasteiger partial charge in [0, 0.05) is 12.6 Å². The van der Waals surface area contributed by atoms with E-state index in [1.165, 1.54) is 14.2 Å². The Labute approximate surface area is 132 Å². The Morgan fingerprint density at radius 2 is 1.68 bits per heavy atom. The zero-order chi connectivity index (χ0) is 15.7. The van der Waals surface area contributed by atoms with Gasteiger partial charge in [-0.2, -0.15) is 4.31 Å². The third kappa shape index (κ3) is 2.48. The minimum absolute atomic E-state index is 0.133. The molecule has 0 N–H and O–H groups in total. The largest absolute Gasteiger partial charge is 0.495 e. The average molecular weight is 325 g/mol. The van der Waals surface area contributed by atoms with Crippen molar-refractivity contribution in [1.29, 1.82) is 0 Å². The lowest BCUT2D eigenvalue weighted by atomic mass is 9.94. The van der Waals surface area contributed by atoms with Crippen LogP contribution < -0.4 is 9.47 Å². The summed E-state index contributed by atoms with van der Waals surface area (Å²) >= 11 is 0. The van der Waals surface area contributed by atoms with E-state index < -0.39 is 10.0 Å². The number of rotatable bonds is 4. The van der Waals surface area contributed by atoms with Crippen molar-refractivity contribution in [2.75, 3.05) is 20.8 Å². The van der Waals surface area contributed by atoms with E-state index >= 15 is 0 Å². The third-order valence-corrected chi connectivity index (χ3v) is 6.88. The molecule has 22 heavy (non-hydrogen) atoms. The van der Waals surface area contributed by atoms with Gasteiger partial charge in [-0.05, 0) is 43.7 Å². The lowest BCUT2D eigenvalue weighted by Gasteiger charge is -2.37. The monoisotopic (exact) mass is 325 g/mol. The summed E-state index contributed by atoms with van der Waals surface area (Å²) in [6.07, 6.45) is 5.28. The first-order valence-corrected chi connectivity index (χ1v) is 9.26. The molecule has 1 heterocycles. The van der Waals surface area contributed by atoms with Gasteiger partial charge in [-0.25, -0.2) is 8.42 Å². The maximum Gasteiger partial charge on any atom is 0.250 e. The van der Waals surface area contributed by atoms with E-state index in [0.29, 0.717) is 24.0 Å². The normalized spacial score (nSPS) is 25.7. The Kier molecular flexibility index (Phi) is 4.32. The van der Waals surface area contributed by atoms with Gasteiger partial charge in [-0.1, -0.05) is 12.5 Å². The molecule has 5 nitrogen and oxygen atoms in total. The van der Waals surface area contributed by atoms with Gasteiger partial charge in [0.2, 0.25) is 0 Å². The smallest absolute Gasteiger partial charge is 0.250 e. The molecule has 6 heteroatoms. The number of fused-ring (bicyclic) bond motifs is 1. The molecule has 3 rings (SSSR count). The quantitative estimate of drug-likeness (QED) is 0.854. The molecule has 1 saturated carbocycles. The van der Waals surface area contributed by atoms with Gasteiger partial charge in [0.15, 0.2) is 4.90 Å². The summed E-state index contributed by atoms with van der Waals surface area (Å²) in [6.45, 7) is 0.588. The molecule has 2 aliphatic rings.